The zero-order chi connectivity index (χ0) is 18.3. The Morgan fingerprint density at radius 3 is 1.96 bits per heavy atom. The van der Waals surface area contributed by atoms with Crippen LogP contribution >= 0.6 is 0 Å². The summed E-state index contributed by atoms with van der Waals surface area (Å²) in [5.41, 5.74) is 1.72. The summed E-state index contributed by atoms with van der Waals surface area (Å²) in [6, 6.07) is 8.44. The van der Waals surface area contributed by atoms with Crippen molar-refractivity contribution in [3.63, 3.8) is 0 Å². The van der Waals surface area contributed by atoms with E-state index in [9.17, 15) is 9.59 Å². The molecule has 132 valence electrons. The molecule has 0 bridgehead atoms. The molecule has 0 N–H and O–H groups in total. The Balaban J connectivity index is 3.27. The maximum atomic E-state index is 11.9. The van der Waals surface area contributed by atoms with Crippen molar-refractivity contribution in [2.24, 2.45) is 0 Å². The molecule has 0 aliphatic carbocycles. The first-order chi connectivity index (χ1) is 11.3. The predicted octanol–water partition coefficient (Wildman–Crippen LogP) is 3.03. The highest BCUT2D eigenvalue weighted by atomic mass is 16.5. The van der Waals surface area contributed by atoms with Gasteiger partial charge in [-0.25, -0.2) is 9.59 Å². The van der Waals surface area contributed by atoms with Crippen LogP contribution in [0.3, 0.4) is 0 Å². The zero-order valence-corrected chi connectivity index (χ0v) is 15.3. The first-order valence-corrected chi connectivity index (χ1v) is 8.03. The fourth-order valence-electron chi connectivity index (χ4n) is 2.55. The SMILES string of the molecule is COC(=O)C(=Cc1ccccc1CN(C(C)C)C(C)C)C(=O)OC. The van der Waals surface area contributed by atoms with Crippen molar-refractivity contribution >= 4 is 18.0 Å². The number of hydrogen-bond acceptors (Lipinski definition) is 5. The van der Waals surface area contributed by atoms with Gasteiger partial charge in [-0.2, -0.15) is 0 Å². The second-order valence-electron chi connectivity index (χ2n) is 6.10. The van der Waals surface area contributed by atoms with E-state index in [-0.39, 0.29) is 5.57 Å². The molecule has 0 saturated heterocycles. The van der Waals surface area contributed by atoms with Gasteiger partial charge in [-0.05, 0) is 44.9 Å². The Labute approximate surface area is 144 Å². The molecule has 1 rings (SSSR count). The standard InChI is InChI=1S/C19H27NO4/c1-13(2)20(14(3)4)12-16-10-8-7-9-15(16)11-17(18(21)23-5)19(22)24-6/h7-11,13-14H,12H2,1-6H3. The highest BCUT2D eigenvalue weighted by molar-refractivity contribution is 6.17. The van der Waals surface area contributed by atoms with Crippen molar-refractivity contribution in [1.82, 2.24) is 4.90 Å². The minimum Gasteiger partial charge on any atom is -0.465 e. The maximum Gasteiger partial charge on any atom is 0.345 e. The van der Waals surface area contributed by atoms with Crippen LogP contribution in [0, 0.1) is 0 Å². The lowest BCUT2D eigenvalue weighted by Gasteiger charge is -2.31. The van der Waals surface area contributed by atoms with Crippen LogP contribution in [0.15, 0.2) is 29.8 Å². The number of nitrogens with zero attached hydrogens (tertiary/aromatic N) is 1. The molecule has 0 amide bonds. The summed E-state index contributed by atoms with van der Waals surface area (Å²) in [5.74, 6) is -1.41. The fourth-order valence-corrected chi connectivity index (χ4v) is 2.55. The topological polar surface area (TPSA) is 55.8 Å². The van der Waals surface area contributed by atoms with Crippen molar-refractivity contribution in [2.75, 3.05) is 14.2 Å². The minimum atomic E-state index is -0.707. The van der Waals surface area contributed by atoms with Crippen molar-refractivity contribution < 1.29 is 19.1 Å². The van der Waals surface area contributed by atoms with Crippen LogP contribution in [0.1, 0.15) is 38.8 Å². The Morgan fingerprint density at radius 2 is 1.50 bits per heavy atom. The summed E-state index contributed by atoms with van der Waals surface area (Å²) in [6.45, 7) is 9.30. The average molecular weight is 333 g/mol. The van der Waals surface area contributed by atoms with Crippen LogP contribution in [0.5, 0.6) is 0 Å². The summed E-state index contributed by atoms with van der Waals surface area (Å²) in [6.07, 6.45) is 1.53. The summed E-state index contributed by atoms with van der Waals surface area (Å²) < 4.78 is 9.37. The van der Waals surface area contributed by atoms with Crippen molar-refractivity contribution in [3.8, 4) is 0 Å². The van der Waals surface area contributed by atoms with Gasteiger partial charge in [-0.1, -0.05) is 24.3 Å². The van der Waals surface area contributed by atoms with E-state index in [4.69, 9.17) is 0 Å². The molecule has 24 heavy (non-hydrogen) atoms. The first-order valence-electron chi connectivity index (χ1n) is 8.03. The van der Waals surface area contributed by atoms with Gasteiger partial charge in [0.15, 0.2) is 0 Å². The number of ether oxygens (including phenoxy) is 2. The normalized spacial score (nSPS) is 10.9. The van der Waals surface area contributed by atoms with Crippen molar-refractivity contribution in [3.05, 3.63) is 41.0 Å². The second kappa shape index (κ2) is 9.23. The number of esters is 2. The van der Waals surface area contributed by atoms with E-state index in [1.165, 1.54) is 20.3 Å². The molecule has 5 nitrogen and oxygen atoms in total. The molecular formula is C19H27NO4. The van der Waals surface area contributed by atoms with Crippen molar-refractivity contribution in [2.45, 2.75) is 46.3 Å². The van der Waals surface area contributed by atoms with Crippen LogP contribution < -0.4 is 0 Å². The second-order valence-corrected chi connectivity index (χ2v) is 6.10. The number of carbonyl (C=O) groups is 2. The fraction of sp³-hybridized carbons (Fsp3) is 0.474. The van der Waals surface area contributed by atoms with E-state index in [0.29, 0.717) is 12.1 Å². The highest BCUT2D eigenvalue weighted by Crippen LogP contribution is 2.19. The van der Waals surface area contributed by atoms with Gasteiger partial charge in [-0.3, -0.25) is 4.90 Å². The lowest BCUT2D eigenvalue weighted by molar-refractivity contribution is -0.143. The predicted molar refractivity (Wildman–Crippen MR) is 94.3 cm³/mol. The number of benzene rings is 1. The minimum absolute atomic E-state index is 0.118. The summed E-state index contributed by atoms with van der Waals surface area (Å²) in [5, 5.41) is 0. The van der Waals surface area contributed by atoms with Crippen LogP contribution in [-0.2, 0) is 25.6 Å². The third-order valence-electron chi connectivity index (χ3n) is 3.85. The number of hydrogen-bond donors (Lipinski definition) is 0. The van der Waals surface area contributed by atoms with Crippen LogP contribution in [0.4, 0.5) is 0 Å². The molecule has 0 saturated carbocycles. The maximum absolute atomic E-state index is 11.9. The summed E-state index contributed by atoms with van der Waals surface area (Å²) in [4.78, 5) is 26.1. The van der Waals surface area contributed by atoms with Gasteiger partial charge in [0, 0.05) is 18.6 Å². The highest BCUT2D eigenvalue weighted by Gasteiger charge is 2.21. The van der Waals surface area contributed by atoms with Gasteiger partial charge < -0.3 is 9.47 Å². The summed E-state index contributed by atoms with van der Waals surface area (Å²) in [7, 11) is 2.48. The van der Waals surface area contributed by atoms with Gasteiger partial charge in [-0.15, -0.1) is 0 Å². The number of methoxy groups -OCH3 is 2. The quantitative estimate of drug-likeness (QED) is 0.332. The van der Waals surface area contributed by atoms with Crippen LogP contribution in [0.25, 0.3) is 6.08 Å². The number of rotatable bonds is 7. The molecule has 0 fully saturated rings. The largest absolute Gasteiger partial charge is 0.465 e. The third kappa shape index (κ3) is 5.20. The molecule has 0 aliphatic heterocycles. The smallest absolute Gasteiger partial charge is 0.345 e. The van der Waals surface area contributed by atoms with E-state index in [2.05, 4.69) is 42.1 Å². The van der Waals surface area contributed by atoms with E-state index in [1.54, 1.807) is 0 Å². The average Bonchev–Trinajstić information content (AvgIpc) is 2.56. The summed E-state index contributed by atoms with van der Waals surface area (Å²) >= 11 is 0. The van der Waals surface area contributed by atoms with Gasteiger partial charge in [0.1, 0.15) is 5.57 Å². The van der Waals surface area contributed by atoms with E-state index < -0.39 is 11.9 Å². The monoisotopic (exact) mass is 333 g/mol. The molecule has 0 aromatic heterocycles. The van der Waals surface area contributed by atoms with E-state index in [0.717, 1.165) is 17.7 Å². The van der Waals surface area contributed by atoms with Gasteiger partial charge in [0.25, 0.3) is 0 Å². The van der Waals surface area contributed by atoms with Crippen molar-refractivity contribution in [1.29, 1.82) is 0 Å². The Morgan fingerprint density at radius 1 is 1.00 bits per heavy atom. The Hall–Kier alpha value is -2.14. The van der Waals surface area contributed by atoms with Crippen LogP contribution in [-0.4, -0.2) is 43.1 Å². The lowest BCUT2D eigenvalue weighted by atomic mass is 10.0. The Bertz CT molecular complexity index is 579. The molecule has 1 aromatic carbocycles. The molecule has 5 heteroatoms. The molecule has 0 spiro atoms. The molecule has 0 aliphatic rings. The molecule has 1 aromatic rings. The number of carbonyl (C=O) groups excluding carboxylic acids is 2. The van der Waals surface area contributed by atoms with E-state index in [1.807, 2.05) is 24.3 Å². The molecular weight excluding hydrogens is 306 g/mol. The molecule has 0 unspecified atom stereocenters. The van der Waals surface area contributed by atoms with Crippen LogP contribution in [0.2, 0.25) is 0 Å². The van der Waals surface area contributed by atoms with Gasteiger partial charge in [0.2, 0.25) is 0 Å². The first kappa shape index (κ1) is 19.9. The molecule has 0 atom stereocenters. The Kier molecular flexibility index (Phi) is 7.65. The third-order valence-corrected chi connectivity index (χ3v) is 3.85. The molecule has 0 heterocycles. The van der Waals surface area contributed by atoms with E-state index >= 15 is 0 Å². The van der Waals surface area contributed by atoms with Gasteiger partial charge in [0.05, 0.1) is 14.2 Å². The zero-order valence-electron chi connectivity index (χ0n) is 15.3. The van der Waals surface area contributed by atoms with Gasteiger partial charge >= 0.3 is 11.9 Å². The lowest BCUT2D eigenvalue weighted by Crippen LogP contribution is -2.36. The molecule has 0 radical (unpaired) electrons.